The van der Waals surface area contributed by atoms with Crippen LogP contribution in [0.1, 0.15) is 0 Å². The molecule has 3 N–H and O–H groups in total. The van der Waals surface area contributed by atoms with Crippen LogP contribution < -0.4 is 11.1 Å². The van der Waals surface area contributed by atoms with Crippen LogP contribution in [0.5, 0.6) is 0 Å². The van der Waals surface area contributed by atoms with Crippen LogP contribution in [-0.4, -0.2) is 18.0 Å². The van der Waals surface area contributed by atoms with Gasteiger partial charge in [0.1, 0.15) is 5.69 Å². The summed E-state index contributed by atoms with van der Waals surface area (Å²) in [7, 11) is 0. The quantitative estimate of drug-likeness (QED) is 0.650. The Labute approximate surface area is 101 Å². The Morgan fingerprint density at radius 1 is 1.11 bits per heavy atom. The maximum Gasteiger partial charge on any atom is 0.463 e. The fraction of sp³-hybridized carbons (Fsp3) is 0.222. The maximum atomic E-state index is 13.1. The van der Waals surface area contributed by atoms with E-state index in [1.807, 2.05) is 0 Å². The fourth-order valence-electron chi connectivity index (χ4n) is 1.01. The summed E-state index contributed by atoms with van der Waals surface area (Å²) in [5, 5.41) is 0.917. The van der Waals surface area contributed by atoms with E-state index in [2.05, 4.69) is 0 Å². The number of alkyl halides is 5. The summed E-state index contributed by atoms with van der Waals surface area (Å²) in [5.41, 5.74) is 3.06. The Bertz CT molecular complexity index is 512. The molecule has 0 spiro atoms. The first-order chi connectivity index (χ1) is 8.48. The van der Waals surface area contributed by atoms with Gasteiger partial charge in [-0.3, -0.25) is 4.79 Å². The number of hydrogen-bond acceptors (Lipinski definition) is 2. The minimum absolute atomic E-state index is 0.516. The van der Waals surface area contributed by atoms with Gasteiger partial charge in [-0.25, -0.2) is 8.78 Å². The first kappa shape index (κ1) is 15.1. The lowest BCUT2D eigenvalue weighted by molar-refractivity contribution is -0.267. The van der Waals surface area contributed by atoms with Gasteiger partial charge in [-0.1, -0.05) is 0 Å². The summed E-state index contributed by atoms with van der Waals surface area (Å²) < 4.78 is 86.6. The van der Waals surface area contributed by atoms with Gasteiger partial charge in [0.15, 0.2) is 11.6 Å². The number of carbonyl (C=O) groups excluding carboxylic acids is 1. The van der Waals surface area contributed by atoms with Crippen LogP contribution in [0.25, 0.3) is 0 Å². The van der Waals surface area contributed by atoms with Gasteiger partial charge in [-0.05, 0) is 12.1 Å². The lowest BCUT2D eigenvalue weighted by atomic mass is 10.2. The Kier molecular flexibility index (Phi) is 3.64. The molecule has 0 aliphatic rings. The zero-order chi connectivity index (χ0) is 15.0. The van der Waals surface area contributed by atoms with Crippen molar-refractivity contribution in [2.75, 3.05) is 11.1 Å². The molecule has 1 aromatic rings. The van der Waals surface area contributed by atoms with Crippen molar-refractivity contribution < 1.29 is 35.5 Å². The molecule has 0 aliphatic carbocycles. The molecule has 106 valence electrons. The van der Waals surface area contributed by atoms with Gasteiger partial charge in [-0.15, -0.1) is 0 Å². The lowest BCUT2D eigenvalue weighted by Crippen LogP contribution is -2.47. The summed E-state index contributed by atoms with van der Waals surface area (Å²) in [6.07, 6.45) is -6.17. The third-order valence-corrected chi connectivity index (χ3v) is 2.01. The van der Waals surface area contributed by atoms with Crippen molar-refractivity contribution in [2.45, 2.75) is 12.1 Å². The van der Waals surface area contributed by atoms with Gasteiger partial charge in [0.25, 0.3) is 0 Å². The van der Waals surface area contributed by atoms with Crippen molar-refractivity contribution in [3.8, 4) is 0 Å². The Hall–Kier alpha value is -2.00. The normalized spacial score (nSPS) is 12.4. The van der Waals surface area contributed by atoms with Crippen molar-refractivity contribution in [2.24, 2.45) is 0 Å². The summed E-state index contributed by atoms with van der Waals surface area (Å²) in [5.74, 6) is -12.0. The highest BCUT2D eigenvalue weighted by Crippen LogP contribution is 2.37. The fourth-order valence-corrected chi connectivity index (χ4v) is 1.01. The van der Waals surface area contributed by atoms with Crippen LogP contribution in [0, 0.1) is 11.6 Å². The molecule has 10 heteroatoms. The molecule has 0 aromatic heterocycles. The number of carbonyl (C=O) groups is 1. The van der Waals surface area contributed by atoms with E-state index in [0.29, 0.717) is 12.1 Å². The summed E-state index contributed by atoms with van der Waals surface area (Å²) >= 11 is 0. The predicted octanol–water partition coefficient (Wildman–Crippen LogP) is 2.68. The van der Waals surface area contributed by atoms with E-state index < -0.39 is 41.0 Å². The molecular weight excluding hydrogens is 285 g/mol. The molecule has 1 aromatic carbocycles. The van der Waals surface area contributed by atoms with Gasteiger partial charge in [0, 0.05) is 0 Å². The molecule has 0 radical (unpaired) electrons. The highest BCUT2D eigenvalue weighted by Gasteiger charge is 2.63. The van der Waals surface area contributed by atoms with Gasteiger partial charge in [0.2, 0.25) is 0 Å². The zero-order valence-corrected chi connectivity index (χ0v) is 8.79. The average Bonchev–Trinajstić information content (AvgIpc) is 2.27. The first-order valence-corrected chi connectivity index (χ1v) is 4.48. The molecule has 0 bridgehead atoms. The SMILES string of the molecule is Nc1ccc(F)c(F)c1NC(=O)C(F)(F)C(F)(F)F. The standard InChI is InChI=1S/C9H5F7N2O/c10-3-1-2-4(17)6(5(3)11)18-7(19)8(12,13)9(14,15)16/h1-2H,17H2,(H,18,19). The van der Waals surface area contributed by atoms with Crippen LogP contribution in [-0.2, 0) is 4.79 Å². The number of nitrogen functional groups attached to an aromatic ring is 1. The van der Waals surface area contributed by atoms with Crippen LogP contribution in [0.15, 0.2) is 12.1 Å². The Morgan fingerprint density at radius 2 is 1.63 bits per heavy atom. The Morgan fingerprint density at radius 3 is 2.11 bits per heavy atom. The van der Waals surface area contributed by atoms with E-state index in [1.54, 1.807) is 0 Å². The summed E-state index contributed by atoms with van der Waals surface area (Å²) in [6, 6.07) is 1.21. The van der Waals surface area contributed by atoms with Crippen molar-refractivity contribution in [3.63, 3.8) is 0 Å². The van der Waals surface area contributed by atoms with Crippen molar-refractivity contribution in [3.05, 3.63) is 23.8 Å². The molecular formula is C9H5F7N2O. The number of benzene rings is 1. The van der Waals surface area contributed by atoms with E-state index in [4.69, 9.17) is 5.73 Å². The van der Waals surface area contributed by atoms with E-state index >= 15 is 0 Å². The zero-order valence-electron chi connectivity index (χ0n) is 8.79. The number of hydrogen-bond donors (Lipinski definition) is 2. The molecule has 0 saturated heterocycles. The number of rotatable bonds is 2. The third-order valence-electron chi connectivity index (χ3n) is 2.01. The number of nitrogens with two attached hydrogens (primary N) is 1. The van der Waals surface area contributed by atoms with E-state index in [9.17, 15) is 35.5 Å². The molecule has 0 aliphatic heterocycles. The van der Waals surface area contributed by atoms with Gasteiger partial charge in [0.05, 0.1) is 5.69 Å². The number of amides is 1. The van der Waals surface area contributed by atoms with Crippen molar-refractivity contribution in [1.29, 1.82) is 0 Å². The molecule has 0 saturated carbocycles. The number of anilines is 2. The second kappa shape index (κ2) is 4.59. The average molecular weight is 290 g/mol. The lowest BCUT2D eigenvalue weighted by Gasteiger charge is -2.19. The summed E-state index contributed by atoms with van der Waals surface area (Å²) in [4.78, 5) is 10.8. The van der Waals surface area contributed by atoms with Gasteiger partial charge in [-0.2, -0.15) is 22.0 Å². The second-order valence-electron chi connectivity index (χ2n) is 3.35. The molecule has 19 heavy (non-hydrogen) atoms. The molecule has 3 nitrogen and oxygen atoms in total. The molecule has 0 heterocycles. The molecule has 0 unspecified atom stereocenters. The smallest absolute Gasteiger partial charge is 0.397 e. The van der Waals surface area contributed by atoms with Crippen LogP contribution in [0.2, 0.25) is 0 Å². The number of nitrogens with one attached hydrogen (secondary N) is 1. The second-order valence-corrected chi connectivity index (χ2v) is 3.35. The molecule has 1 amide bonds. The summed E-state index contributed by atoms with van der Waals surface area (Å²) in [6.45, 7) is 0. The first-order valence-electron chi connectivity index (χ1n) is 4.48. The highest BCUT2D eigenvalue weighted by molar-refractivity contribution is 5.99. The molecule has 0 atom stereocenters. The third kappa shape index (κ3) is 2.71. The van der Waals surface area contributed by atoms with E-state index in [-0.39, 0.29) is 0 Å². The highest BCUT2D eigenvalue weighted by atomic mass is 19.4. The van der Waals surface area contributed by atoms with Crippen LogP contribution >= 0.6 is 0 Å². The molecule has 0 fully saturated rings. The van der Waals surface area contributed by atoms with E-state index in [1.165, 1.54) is 0 Å². The van der Waals surface area contributed by atoms with Gasteiger partial charge >= 0.3 is 18.0 Å². The molecule has 1 rings (SSSR count). The number of halogens is 7. The van der Waals surface area contributed by atoms with Crippen LogP contribution in [0.3, 0.4) is 0 Å². The minimum atomic E-state index is -6.17. The van der Waals surface area contributed by atoms with Crippen LogP contribution in [0.4, 0.5) is 42.1 Å². The topological polar surface area (TPSA) is 55.1 Å². The minimum Gasteiger partial charge on any atom is -0.397 e. The van der Waals surface area contributed by atoms with Gasteiger partial charge < -0.3 is 11.1 Å². The largest absolute Gasteiger partial charge is 0.463 e. The maximum absolute atomic E-state index is 13.1. The van der Waals surface area contributed by atoms with Crippen molar-refractivity contribution in [1.82, 2.24) is 0 Å². The predicted molar refractivity (Wildman–Crippen MR) is 50.4 cm³/mol. The van der Waals surface area contributed by atoms with Crippen molar-refractivity contribution >= 4 is 17.3 Å². The Balaban J connectivity index is 3.12. The van der Waals surface area contributed by atoms with E-state index in [0.717, 1.165) is 5.32 Å². The monoisotopic (exact) mass is 290 g/mol.